The predicted octanol–water partition coefficient (Wildman–Crippen LogP) is 0.320. The van der Waals surface area contributed by atoms with Crippen LogP contribution in [0.2, 0.25) is 0 Å². The number of ether oxygens (including phenoxy) is 1. The summed E-state index contributed by atoms with van der Waals surface area (Å²) in [6.45, 7) is 3.76. The second kappa shape index (κ2) is 2.23. The van der Waals surface area contributed by atoms with Crippen LogP contribution < -0.4 is 0 Å². The molecule has 0 amide bonds. The number of carbonyl (C=O) groups is 1. The normalized spacial score (nSPS) is 30.3. The number of aliphatic hydroxyl groups excluding tert-OH is 1. The highest BCUT2D eigenvalue weighted by atomic mass is 16.6. The van der Waals surface area contributed by atoms with Crippen molar-refractivity contribution < 1.29 is 14.6 Å². The summed E-state index contributed by atoms with van der Waals surface area (Å²) in [7, 11) is 0. The SMILES string of the molecule is CC1(C)CC(=O)O[C@@H]1CO. The van der Waals surface area contributed by atoms with E-state index in [1.54, 1.807) is 0 Å². The molecule has 1 aliphatic heterocycles. The second-order valence-corrected chi connectivity index (χ2v) is 3.33. The lowest BCUT2D eigenvalue weighted by molar-refractivity contribution is -0.143. The van der Waals surface area contributed by atoms with Gasteiger partial charge in [0.1, 0.15) is 6.10 Å². The summed E-state index contributed by atoms with van der Waals surface area (Å²) < 4.78 is 4.84. The van der Waals surface area contributed by atoms with Crippen LogP contribution >= 0.6 is 0 Å². The molecular formula is C7H12O3. The zero-order valence-electron chi connectivity index (χ0n) is 6.26. The Morgan fingerprint density at radius 3 is 2.60 bits per heavy atom. The molecule has 1 atom stereocenters. The van der Waals surface area contributed by atoms with Crippen molar-refractivity contribution in [3.05, 3.63) is 0 Å². The Morgan fingerprint density at radius 1 is 1.80 bits per heavy atom. The Kier molecular flexibility index (Phi) is 1.68. The topological polar surface area (TPSA) is 46.5 Å². The number of cyclic esters (lactones) is 1. The van der Waals surface area contributed by atoms with Crippen molar-refractivity contribution in [1.82, 2.24) is 0 Å². The fourth-order valence-corrected chi connectivity index (χ4v) is 1.13. The molecule has 3 nitrogen and oxygen atoms in total. The lowest BCUT2D eigenvalue weighted by Crippen LogP contribution is -2.27. The van der Waals surface area contributed by atoms with Gasteiger partial charge in [-0.1, -0.05) is 13.8 Å². The van der Waals surface area contributed by atoms with Gasteiger partial charge in [-0.25, -0.2) is 0 Å². The van der Waals surface area contributed by atoms with Crippen molar-refractivity contribution in [2.24, 2.45) is 5.41 Å². The molecule has 1 saturated heterocycles. The van der Waals surface area contributed by atoms with Crippen molar-refractivity contribution in [3.63, 3.8) is 0 Å². The van der Waals surface area contributed by atoms with Gasteiger partial charge in [0, 0.05) is 5.41 Å². The molecular weight excluding hydrogens is 132 g/mol. The van der Waals surface area contributed by atoms with Crippen molar-refractivity contribution in [2.45, 2.75) is 26.4 Å². The van der Waals surface area contributed by atoms with E-state index < -0.39 is 0 Å². The van der Waals surface area contributed by atoms with Gasteiger partial charge in [-0.15, -0.1) is 0 Å². The summed E-state index contributed by atoms with van der Waals surface area (Å²) in [4.78, 5) is 10.7. The molecule has 1 aliphatic rings. The van der Waals surface area contributed by atoms with Crippen LogP contribution in [0.1, 0.15) is 20.3 Å². The number of hydrogen-bond donors (Lipinski definition) is 1. The van der Waals surface area contributed by atoms with Gasteiger partial charge in [0.2, 0.25) is 0 Å². The smallest absolute Gasteiger partial charge is 0.306 e. The lowest BCUT2D eigenvalue weighted by Gasteiger charge is -2.20. The molecule has 0 aromatic carbocycles. The molecule has 0 bridgehead atoms. The molecule has 0 aromatic heterocycles. The van der Waals surface area contributed by atoms with Gasteiger partial charge in [0.25, 0.3) is 0 Å². The molecule has 3 heteroatoms. The molecule has 0 spiro atoms. The zero-order valence-corrected chi connectivity index (χ0v) is 6.26. The third kappa shape index (κ3) is 1.14. The molecule has 0 saturated carbocycles. The van der Waals surface area contributed by atoms with Gasteiger partial charge in [-0.2, -0.15) is 0 Å². The van der Waals surface area contributed by atoms with Crippen LogP contribution in [0.4, 0.5) is 0 Å². The van der Waals surface area contributed by atoms with E-state index in [-0.39, 0.29) is 24.1 Å². The summed E-state index contributed by atoms with van der Waals surface area (Å²) in [6, 6.07) is 0. The summed E-state index contributed by atoms with van der Waals surface area (Å²) in [6.07, 6.45) is 0.109. The molecule has 1 fully saturated rings. The van der Waals surface area contributed by atoms with E-state index in [1.165, 1.54) is 0 Å². The highest BCUT2D eigenvalue weighted by Gasteiger charge is 2.40. The molecule has 0 unspecified atom stereocenters. The summed E-state index contributed by atoms with van der Waals surface area (Å²) in [5, 5.41) is 8.74. The van der Waals surface area contributed by atoms with Crippen molar-refractivity contribution in [2.75, 3.05) is 6.61 Å². The Balaban J connectivity index is 2.67. The molecule has 1 N–H and O–H groups in total. The quantitative estimate of drug-likeness (QED) is 0.539. The van der Waals surface area contributed by atoms with Gasteiger partial charge in [-0.05, 0) is 0 Å². The molecule has 10 heavy (non-hydrogen) atoms. The maximum absolute atomic E-state index is 10.7. The highest BCUT2D eigenvalue weighted by molar-refractivity contribution is 5.72. The van der Waals surface area contributed by atoms with E-state index in [0.29, 0.717) is 6.42 Å². The van der Waals surface area contributed by atoms with E-state index >= 15 is 0 Å². The standard InChI is InChI=1S/C7H12O3/c1-7(2)3-6(9)10-5(7)4-8/h5,8H,3-4H2,1-2H3/t5-/m1/s1. The van der Waals surface area contributed by atoms with Crippen LogP contribution in [0.25, 0.3) is 0 Å². The average molecular weight is 144 g/mol. The molecule has 1 rings (SSSR count). The Bertz CT molecular complexity index is 151. The Hall–Kier alpha value is -0.570. The fourth-order valence-electron chi connectivity index (χ4n) is 1.13. The van der Waals surface area contributed by atoms with E-state index in [4.69, 9.17) is 9.84 Å². The number of esters is 1. The third-order valence-corrected chi connectivity index (χ3v) is 1.91. The number of rotatable bonds is 1. The van der Waals surface area contributed by atoms with Crippen LogP contribution in [0, 0.1) is 5.41 Å². The lowest BCUT2D eigenvalue weighted by atomic mass is 9.86. The minimum absolute atomic E-state index is 0.0707. The first-order valence-electron chi connectivity index (χ1n) is 3.36. The first-order valence-corrected chi connectivity index (χ1v) is 3.36. The second-order valence-electron chi connectivity index (χ2n) is 3.33. The Morgan fingerprint density at radius 2 is 2.40 bits per heavy atom. The molecule has 0 radical (unpaired) electrons. The van der Waals surface area contributed by atoms with Crippen LogP contribution in [0.15, 0.2) is 0 Å². The predicted molar refractivity (Wildman–Crippen MR) is 35.4 cm³/mol. The summed E-state index contributed by atoms with van der Waals surface area (Å²) >= 11 is 0. The summed E-state index contributed by atoms with van der Waals surface area (Å²) in [5.41, 5.74) is -0.189. The minimum Gasteiger partial charge on any atom is -0.459 e. The summed E-state index contributed by atoms with van der Waals surface area (Å²) in [5.74, 6) is -0.205. The highest BCUT2D eigenvalue weighted by Crippen LogP contribution is 2.33. The molecule has 58 valence electrons. The van der Waals surface area contributed by atoms with Gasteiger partial charge >= 0.3 is 5.97 Å². The average Bonchev–Trinajstić information content (AvgIpc) is 2.04. The minimum atomic E-state index is -0.306. The van der Waals surface area contributed by atoms with Crippen LogP contribution in [0.5, 0.6) is 0 Å². The third-order valence-electron chi connectivity index (χ3n) is 1.91. The van der Waals surface area contributed by atoms with Crippen molar-refractivity contribution >= 4 is 5.97 Å². The van der Waals surface area contributed by atoms with Gasteiger partial charge in [0.15, 0.2) is 0 Å². The van der Waals surface area contributed by atoms with E-state index in [0.717, 1.165) is 0 Å². The maximum atomic E-state index is 10.7. The van der Waals surface area contributed by atoms with Gasteiger partial charge in [-0.3, -0.25) is 4.79 Å². The van der Waals surface area contributed by atoms with Gasteiger partial charge < -0.3 is 9.84 Å². The zero-order chi connectivity index (χ0) is 7.78. The number of aliphatic hydroxyl groups is 1. The first kappa shape index (κ1) is 7.54. The molecule has 0 aromatic rings. The van der Waals surface area contributed by atoms with Crippen LogP contribution in [-0.2, 0) is 9.53 Å². The first-order chi connectivity index (χ1) is 4.56. The van der Waals surface area contributed by atoms with Crippen molar-refractivity contribution in [1.29, 1.82) is 0 Å². The number of hydrogen-bond acceptors (Lipinski definition) is 3. The van der Waals surface area contributed by atoms with Crippen molar-refractivity contribution in [3.8, 4) is 0 Å². The molecule has 1 heterocycles. The van der Waals surface area contributed by atoms with Crippen LogP contribution in [0.3, 0.4) is 0 Å². The van der Waals surface area contributed by atoms with Crippen LogP contribution in [-0.4, -0.2) is 23.8 Å². The monoisotopic (exact) mass is 144 g/mol. The Labute approximate surface area is 60.0 Å². The fraction of sp³-hybridized carbons (Fsp3) is 0.857. The number of carbonyl (C=O) groups excluding carboxylic acids is 1. The van der Waals surface area contributed by atoms with E-state index in [2.05, 4.69) is 0 Å². The largest absolute Gasteiger partial charge is 0.459 e. The molecule has 0 aliphatic carbocycles. The maximum Gasteiger partial charge on any atom is 0.306 e. The van der Waals surface area contributed by atoms with E-state index in [1.807, 2.05) is 13.8 Å². The van der Waals surface area contributed by atoms with Gasteiger partial charge in [0.05, 0.1) is 13.0 Å². The van der Waals surface area contributed by atoms with E-state index in [9.17, 15) is 4.79 Å².